The molecule has 0 bridgehead atoms. The van der Waals surface area contributed by atoms with Crippen molar-refractivity contribution < 1.29 is 24.0 Å². The van der Waals surface area contributed by atoms with Crippen molar-refractivity contribution in [2.75, 3.05) is 5.32 Å². The number of rotatable bonds is 5. The van der Waals surface area contributed by atoms with Gasteiger partial charge in [-0.3, -0.25) is 14.9 Å². The van der Waals surface area contributed by atoms with E-state index in [1.807, 2.05) is 0 Å². The van der Waals surface area contributed by atoms with E-state index in [2.05, 4.69) is 5.32 Å². The van der Waals surface area contributed by atoms with Crippen LogP contribution < -0.4 is 11.1 Å². The van der Waals surface area contributed by atoms with Crippen LogP contribution in [0.5, 0.6) is 0 Å². The summed E-state index contributed by atoms with van der Waals surface area (Å²) in [6.07, 6.45) is 0. The highest BCUT2D eigenvalue weighted by Crippen LogP contribution is 2.30. The number of primary amides is 1. The Labute approximate surface area is 112 Å². The van der Waals surface area contributed by atoms with Gasteiger partial charge in [0.1, 0.15) is 22.6 Å². The zero-order valence-corrected chi connectivity index (χ0v) is 10.6. The van der Waals surface area contributed by atoms with E-state index in [4.69, 9.17) is 10.8 Å². The summed E-state index contributed by atoms with van der Waals surface area (Å²) in [6, 6.07) is 1.23. The number of halogens is 1. The number of benzene rings is 1. The first-order valence-corrected chi connectivity index (χ1v) is 5.35. The summed E-state index contributed by atoms with van der Waals surface area (Å²) in [7, 11) is 0. The van der Waals surface area contributed by atoms with Gasteiger partial charge in [-0.15, -0.1) is 0 Å². The lowest BCUT2D eigenvalue weighted by Crippen LogP contribution is -2.45. The molecule has 0 spiro atoms. The zero-order valence-electron chi connectivity index (χ0n) is 10.6. The molecule has 0 saturated carbocycles. The van der Waals surface area contributed by atoms with Gasteiger partial charge in [0.25, 0.3) is 5.69 Å². The lowest BCUT2D eigenvalue weighted by Gasteiger charge is -2.23. The van der Waals surface area contributed by atoms with Crippen LogP contribution in [0, 0.1) is 15.9 Å². The van der Waals surface area contributed by atoms with E-state index in [9.17, 15) is 24.1 Å². The van der Waals surface area contributed by atoms with Crippen LogP contribution >= 0.6 is 0 Å². The van der Waals surface area contributed by atoms with E-state index in [1.165, 1.54) is 13.8 Å². The summed E-state index contributed by atoms with van der Waals surface area (Å²) in [4.78, 5) is 31.9. The maximum atomic E-state index is 13.6. The van der Waals surface area contributed by atoms with Crippen LogP contribution in [0.2, 0.25) is 0 Å². The quantitative estimate of drug-likeness (QED) is 0.547. The van der Waals surface area contributed by atoms with E-state index < -0.39 is 39.4 Å². The second kappa shape index (κ2) is 5.11. The fourth-order valence-electron chi connectivity index (χ4n) is 1.38. The van der Waals surface area contributed by atoms with Gasteiger partial charge < -0.3 is 16.2 Å². The molecule has 1 rings (SSSR count). The Bertz CT molecular complexity index is 600. The third-order valence-corrected chi connectivity index (χ3v) is 2.58. The van der Waals surface area contributed by atoms with Gasteiger partial charge in [0.2, 0.25) is 5.91 Å². The molecule has 1 aromatic carbocycles. The fraction of sp³-hybridized carbons (Fsp3) is 0.273. The highest BCUT2D eigenvalue weighted by atomic mass is 19.1. The standard InChI is InChI=1S/C11H12FN3O5/c1-11(2,10(13)18)14-7-4-6(12)5(9(16)17)3-8(7)15(19)20/h3-4,14H,1-2H3,(H2,13,18)(H,16,17). The van der Waals surface area contributed by atoms with E-state index in [-0.39, 0.29) is 5.69 Å². The van der Waals surface area contributed by atoms with E-state index in [1.54, 1.807) is 0 Å². The Hall–Kier alpha value is -2.71. The first kappa shape index (κ1) is 15.3. The van der Waals surface area contributed by atoms with Crippen molar-refractivity contribution in [3.63, 3.8) is 0 Å². The fourth-order valence-corrected chi connectivity index (χ4v) is 1.38. The average molecular weight is 285 g/mol. The number of hydrogen-bond acceptors (Lipinski definition) is 5. The molecule has 0 atom stereocenters. The SMILES string of the molecule is CC(C)(Nc1cc(F)c(C(=O)O)cc1[N+](=O)[O-])C(N)=O. The van der Waals surface area contributed by atoms with E-state index >= 15 is 0 Å². The smallest absolute Gasteiger partial charge is 0.338 e. The first-order valence-electron chi connectivity index (χ1n) is 5.35. The largest absolute Gasteiger partial charge is 0.478 e. The summed E-state index contributed by atoms with van der Waals surface area (Å²) in [5.41, 5.74) is 1.89. The average Bonchev–Trinajstić information content (AvgIpc) is 2.27. The van der Waals surface area contributed by atoms with Gasteiger partial charge in [0.05, 0.1) is 4.92 Å². The molecule has 20 heavy (non-hydrogen) atoms. The van der Waals surface area contributed by atoms with Gasteiger partial charge in [-0.2, -0.15) is 0 Å². The number of hydrogen-bond donors (Lipinski definition) is 3. The topological polar surface area (TPSA) is 136 Å². The van der Waals surface area contributed by atoms with Crippen molar-refractivity contribution in [3.05, 3.63) is 33.6 Å². The predicted octanol–water partition coefficient (Wildman–Crippen LogP) is 1.11. The Morgan fingerprint density at radius 2 is 2.00 bits per heavy atom. The number of nitrogens with zero attached hydrogens (tertiary/aromatic N) is 1. The molecule has 0 heterocycles. The van der Waals surface area contributed by atoms with Gasteiger partial charge >= 0.3 is 5.97 Å². The van der Waals surface area contributed by atoms with E-state index in [0.717, 1.165) is 0 Å². The molecule has 108 valence electrons. The van der Waals surface area contributed by atoms with Crippen molar-refractivity contribution >= 4 is 23.3 Å². The Kier molecular flexibility index (Phi) is 3.92. The number of anilines is 1. The van der Waals surface area contributed by atoms with Crippen LogP contribution in [0.3, 0.4) is 0 Å². The van der Waals surface area contributed by atoms with Crippen LogP contribution in [-0.2, 0) is 4.79 Å². The zero-order chi connectivity index (χ0) is 15.7. The summed E-state index contributed by atoms with van der Waals surface area (Å²) in [5, 5.41) is 22.0. The third-order valence-electron chi connectivity index (χ3n) is 2.58. The molecule has 1 amide bonds. The minimum atomic E-state index is -1.63. The van der Waals surface area contributed by atoms with Crippen LogP contribution in [0.25, 0.3) is 0 Å². The number of amides is 1. The van der Waals surface area contributed by atoms with Crippen LogP contribution in [0.1, 0.15) is 24.2 Å². The number of carboxylic acids is 1. The van der Waals surface area contributed by atoms with Crippen LogP contribution in [-0.4, -0.2) is 27.4 Å². The van der Waals surface area contributed by atoms with Gasteiger partial charge in [0, 0.05) is 12.1 Å². The van der Waals surface area contributed by atoms with Crippen molar-refractivity contribution in [1.29, 1.82) is 0 Å². The highest BCUT2D eigenvalue weighted by molar-refractivity contribution is 5.91. The van der Waals surface area contributed by atoms with E-state index in [0.29, 0.717) is 12.1 Å². The molecule has 0 radical (unpaired) electrons. The number of nitrogens with two attached hydrogens (primary N) is 1. The Morgan fingerprint density at radius 1 is 1.45 bits per heavy atom. The number of carbonyl (C=O) groups excluding carboxylic acids is 1. The second-order valence-electron chi connectivity index (χ2n) is 4.53. The van der Waals surface area contributed by atoms with Crippen LogP contribution in [0.4, 0.5) is 15.8 Å². The van der Waals surface area contributed by atoms with Crippen molar-refractivity contribution in [2.45, 2.75) is 19.4 Å². The monoisotopic (exact) mass is 285 g/mol. The van der Waals surface area contributed by atoms with Gasteiger partial charge in [-0.25, -0.2) is 9.18 Å². The van der Waals surface area contributed by atoms with Crippen molar-refractivity contribution in [2.24, 2.45) is 5.73 Å². The molecular formula is C11H12FN3O5. The number of carbonyl (C=O) groups is 2. The molecule has 0 aliphatic rings. The molecule has 0 saturated heterocycles. The Morgan fingerprint density at radius 3 is 2.40 bits per heavy atom. The predicted molar refractivity (Wildman–Crippen MR) is 66.9 cm³/mol. The highest BCUT2D eigenvalue weighted by Gasteiger charge is 2.29. The summed E-state index contributed by atoms with van der Waals surface area (Å²) in [6.45, 7) is 2.70. The normalized spacial score (nSPS) is 10.9. The number of nitro benzene ring substituents is 1. The maximum absolute atomic E-state index is 13.6. The lowest BCUT2D eigenvalue weighted by molar-refractivity contribution is -0.384. The molecule has 0 aliphatic carbocycles. The molecule has 4 N–H and O–H groups in total. The molecule has 0 aliphatic heterocycles. The minimum absolute atomic E-state index is 0.332. The molecule has 8 nitrogen and oxygen atoms in total. The first-order chi connectivity index (χ1) is 9.06. The third kappa shape index (κ3) is 2.99. The van der Waals surface area contributed by atoms with Gasteiger partial charge in [-0.05, 0) is 13.8 Å². The summed E-state index contributed by atoms with van der Waals surface area (Å²) < 4.78 is 13.6. The Balaban J connectivity index is 3.40. The number of nitrogens with one attached hydrogen (secondary N) is 1. The molecule has 0 fully saturated rings. The van der Waals surface area contributed by atoms with Gasteiger partial charge in [0.15, 0.2) is 0 Å². The molecule has 0 unspecified atom stereocenters. The molecule has 9 heteroatoms. The number of aromatic carboxylic acids is 1. The maximum Gasteiger partial charge on any atom is 0.338 e. The summed E-state index contributed by atoms with van der Waals surface area (Å²) >= 11 is 0. The lowest BCUT2D eigenvalue weighted by atomic mass is 10.0. The number of nitro groups is 1. The molecule has 0 aromatic heterocycles. The summed E-state index contributed by atoms with van der Waals surface area (Å²) in [5.74, 6) is -3.60. The van der Waals surface area contributed by atoms with Crippen molar-refractivity contribution in [3.8, 4) is 0 Å². The second-order valence-corrected chi connectivity index (χ2v) is 4.53. The number of carboxylic acid groups (broad SMARTS) is 1. The molecule has 1 aromatic rings. The van der Waals surface area contributed by atoms with Crippen LogP contribution in [0.15, 0.2) is 12.1 Å². The van der Waals surface area contributed by atoms with Crippen molar-refractivity contribution in [1.82, 2.24) is 0 Å². The van der Waals surface area contributed by atoms with Gasteiger partial charge in [-0.1, -0.05) is 0 Å². The molecular weight excluding hydrogens is 273 g/mol. The minimum Gasteiger partial charge on any atom is -0.478 e.